The molecule has 1 aromatic carbocycles. The third-order valence-electron chi connectivity index (χ3n) is 4.53. The summed E-state index contributed by atoms with van der Waals surface area (Å²) in [7, 11) is 0. The number of pyridine rings is 1. The third kappa shape index (κ3) is 5.01. The monoisotopic (exact) mass is 371 g/mol. The maximum Gasteiger partial charge on any atom is 0.321 e. The number of benzene rings is 1. The van der Waals surface area contributed by atoms with Gasteiger partial charge in [-0.1, -0.05) is 6.07 Å². The van der Waals surface area contributed by atoms with Crippen LogP contribution in [0.3, 0.4) is 0 Å². The Kier molecular flexibility index (Phi) is 5.97. The molecule has 1 saturated heterocycles. The standard InChI is InChI=1S/C19H22FN5O2/c1-14(18(26)22-16-5-2-4-15(20)12-16)24-8-10-25(11-9-24)19(27)23-17-6-3-7-21-13-17/h2-7,12-14H,8-11H2,1H3,(H,22,26)(H,23,27). The fraction of sp³-hybridized carbons (Fsp3) is 0.316. The first-order valence-corrected chi connectivity index (χ1v) is 8.79. The number of urea groups is 1. The third-order valence-corrected chi connectivity index (χ3v) is 4.53. The molecule has 2 heterocycles. The average molecular weight is 371 g/mol. The zero-order valence-corrected chi connectivity index (χ0v) is 15.1. The van der Waals surface area contributed by atoms with Crippen molar-refractivity contribution < 1.29 is 14.0 Å². The summed E-state index contributed by atoms with van der Waals surface area (Å²) in [5.74, 6) is -0.595. The maximum atomic E-state index is 13.2. The molecular weight excluding hydrogens is 349 g/mol. The summed E-state index contributed by atoms with van der Waals surface area (Å²) in [4.78, 5) is 32.4. The number of carbonyl (C=O) groups is 2. The highest BCUT2D eigenvalue weighted by atomic mass is 19.1. The van der Waals surface area contributed by atoms with E-state index in [0.29, 0.717) is 37.6 Å². The summed E-state index contributed by atoms with van der Waals surface area (Å²) in [6, 6.07) is 8.78. The van der Waals surface area contributed by atoms with Gasteiger partial charge in [0.2, 0.25) is 5.91 Å². The number of nitrogens with one attached hydrogen (secondary N) is 2. The van der Waals surface area contributed by atoms with Crippen LogP contribution >= 0.6 is 0 Å². The van der Waals surface area contributed by atoms with E-state index < -0.39 is 5.82 Å². The molecule has 2 N–H and O–H groups in total. The molecule has 1 fully saturated rings. The normalized spacial score (nSPS) is 15.9. The summed E-state index contributed by atoms with van der Waals surface area (Å²) in [5, 5.41) is 5.53. The number of piperazine rings is 1. The maximum absolute atomic E-state index is 13.2. The predicted octanol–water partition coefficient (Wildman–Crippen LogP) is 2.40. The molecule has 2 aromatic rings. The molecule has 3 amide bonds. The van der Waals surface area contributed by atoms with Crippen LogP contribution < -0.4 is 10.6 Å². The zero-order valence-electron chi connectivity index (χ0n) is 15.1. The lowest BCUT2D eigenvalue weighted by Gasteiger charge is -2.37. The Bertz CT molecular complexity index is 794. The van der Waals surface area contributed by atoms with Crippen molar-refractivity contribution in [2.45, 2.75) is 13.0 Å². The molecule has 0 radical (unpaired) electrons. The Hall–Kier alpha value is -3.00. The van der Waals surface area contributed by atoms with Crippen molar-refractivity contribution in [3.8, 4) is 0 Å². The van der Waals surface area contributed by atoms with E-state index in [-0.39, 0.29) is 18.0 Å². The lowest BCUT2D eigenvalue weighted by molar-refractivity contribution is -0.121. The van der Waals surface area contributed by atoms with Crippen LogP contribution in [0, 0.1) is 5.82 Å². The predicted molar refractivity (Wildman–Crippen MR) is 101 cm³/mol. The van der Waals surface area contributed by atoms with Crippen LogP contribution in [0.2, 0.25) is 0 Å². The SMILES string of the molecule is CC(C(=O)Nc1cccc(F)c1)N1CCN(C(=O)Nc2cccnc2)CC1. The lowest BCUT2D eigenvalue weighted by atomic mass is 10.2. The van der Waals surface area contributed by atoms with Crippen LogP contribution in [0.1, 0.15) is 6.92 Å². The Morgan fingerprint density at radius 2 is 1.81 bits per heavy atom. The van der Waals surface area contributed by atoms with Crippen molar-refractivity contribution in [3.05, 3.63) is 54.6 Å². The van der Waals surface area contributed by atoms with E-state index >= 15 is 0 Å². The first-order valence-electron chi connectivity index (χ1n) is 8.79. The first kappa shape index (κ1) is 18.8. The molecule has 1 atom stereocenters. The molecule has 0 aliphatic carbocycles. The van der Waals surface area contributed by atoms with Gasteiger partial charge in [0.15, 0.2) is 0 Å². The molecule has 27 heavy (non-hydrogen) atoms. The molecule has 3 rings (SSSR count). The van der Waals surface area contributed by atoms with Crippen molar-refractivity contribution >= 4 is 23.3 Å². The highest BCUT2D eigenvalue weighted by molar-refractivity contribution is 5.94. The summed E-state index contributed by atoms with van der Waals surface area (Å²) < 4.78 is 13.2. The Morgan fingerprint density at radius 1 is 1.07 bits per heavy atom. The molecule has 142 valence electrons. The van der Waals surface area contributed by atoms with Gasteiger partial charge in [0.1, 0.15) is 5.82 Å². The number of carbonyl (C=O) groups excluding carboxylic acids is 2. The number of amides is 3. The van der Waals surface area contributed by atoms with Gasteiger partial charge in [-0.2, -0.15) is 0 Å². The molecule has 1 aliphatic rings. The van der Waals surface area contributed by atoms with Gasteiger partial charge in [0.25, 0.3) is 0 Å². The van der Waals surface area contributed by atoms with E-state index in [9.17, 15) is 14.0 Å². The Morgan fingerprint density at radius 3 is 2.48 bits per heavy atom. The van der Waals surface area contributed by atoms with Gasteiger partial charge in [0.05, 0.1) is 17.9 Å². The second kappa shape index (κ2) is 8.59. The van der Waals surface area contributed by atoms with Gasteiger partial charge in [-0.05, 0) is 37.3 Å². The van der Waals surface area contributed by atoms with Crippen LogP contribution in [-0.2, 0) is 4.79 Å². The van der Waals surface area contributed by atoms with Crippen molar-refractivity contribution in [2.75, 3.05) is 36.8 Å². The van der Waals surface area contributed by atoms with Gasteiger partial charge >= 0.3 is 6.03 Å². The number of hydrogen-bond donors (Lipinski definition) is 2. The van der Waals surface area contributed by atoms with Crippen LogP contribution in [0.4, 0.5) is 20.6 Å². The van der Waals surface area contributed by atoms with E-state index in [4.69, 9.17) is 0 Å². The molecule has 1 aromatic heterocycles. The van der Waals surface area contributed by atoms with Gasteiger partial charge in [-0.3, -0.25) is 14.7 Å². The van der Waals surface area contributed by atoms with Crippen LogP contribution in [0.25, 0.3) is 0 Å². The highest BCUT2D eigenvalue weighted by Gasteiger charge is 2.27. The number of hydrogen-bond acceptors (Lipinski definition) is 4. The smallest absolute Gasteiger partial charge is 0.321 e. The minimum Gasteiger partial charge on any atom is -0.325 e. The summed E-state index contributed by atoms with van der Waals surface area (Å²) >= 11 is 0. The van der Waals surface area contributed by atoms with Gasteiger partial charge < -0.3 is 15.5 Å². The molecule has 7 nitrogen and oxygen atoms in total. The van der Waals surface area contributed by atoms with Crippen molar-refractivity contribution in [2.24, 2.45) is 0 Å². The number of nitrogens with zero attached hydrogens (tertiary/aromatic N) is 3. The average Bonchev–Trinajstić information content (AvgIpc) is 2.68. The molecule has 0 spiro atoms. The van der Waals surface area contributed by atoms with E-state index in [1.807, 2.05) is 4.90 Å². The van der Waals surface area contributed by atoms with Crippen molar-refractivity contribution in [1.82, 2.24) is 14.8 Å². The van der Waals surface area contributed by atoms with Gasteiger partial charge in [-0.25, -0.2) is 9.18 Å². The minimum atomic E-state index is -0.395. The Balaban J connectivity index is 1.49. The van der Waals surface area contributed by atoms with Crippen molar-refractivity contribution in [1.29, 1.82) is 0 Å². The van der Waals surface area contributed by atoms with E-state index in [2.05, 4.69) is 15.6 Å². The van der Waals surface area contributed by atoms with Gasteiger partial charge in [0, 0.05) is 38.1 Å². The lowest BCUT2D eigenvalue weighted by Crippen LogP contribution is -2.54. The molecule has 8 heteroatoms. The summed E-state index contributed by atoms with van der Waals surface area (Å²) in [6.07, 6.45) is 3.23. The fourth-order valence-corrected chi connectivity index (χ4v) is 2.93. The number of halogens is 1. The number of aromatic nitrogens is 1. The van der Waals surface area contributed by atoms with E-state index in [1.54, 1.807) is 48.5 Å². The topological polar surface area (TPSA) is 77.6 Å². The first-order chi connectivity index (χ1) is 13.0. The summed E-state index contributed by atoms with van der Waals surface area (Å²) in [5.41, 5.74) is 1.08. The molecule has 1 aliphatic heterocycles. The molecular formula is C19H22FN5O2. The quantitative estimate of drug-likeness (QED) is 0.865. The minimum absolute atomic E-state index is 0.181. The highest BCUT2D eigenvalue weighted by Crippen LogP contribution is 2.13. The second-order valence-electron chi connectivity index (χ2n) is 6.37. The molecule has 0 saturated carbocycles. The fourth-order valence-electron chi connectivity index (χ4n) is 2.93. The second-order valence-corrected chi connectivity index (χ2v) is 6.37. The van der Waals surface area contributed by atoms with Gasteiger partial charge in [-0.15, -0.1) is 0 Å². The number of anilines is 2. The van der Waals surface area contributed by atoms with Crippen LogP contribution in [0.15, 0.2) is 48.8 Å². The van der Waals surface area contributed by atoms with Crippen molar-refractivity contribution in [3.63, 3.8) is 0 Å². The number of rotatable bonds is 4. The van der Waals surface area contributed by atoms with Crippen LogP contribution in [-0.4, -0.2) is 58.9 Å². The van der Waals surface area contributed by atoms with E-state index in [1.165, 1.54) is 12.1 Å². The Labute approximate surface area is 157 Å². The van der Waals surface area contributed by atoms with E-state index in [0.717, 1.165) is 0 Å². The summed E-state index contributed by atoms with van der Waals surface area (Å²) in [6.45, 7) is 4.00. The zero-order chi connectivity index (χ0) is 19.2. The van der Waals surface area contributed by atoms with Crippen LogP contribution in [0.5, 0.6) is 0 Å². The molecule has 1 unspecified atom stereocenters. The molecule has 0 bridgehead atoms. The largest absolute Gasteiger partial charge is 0.325 e.